The molecule has 0 aliphatic carbocycles. The maximum absolute atomic E-state index is 12.2. The van der Waals surface area contributed by atoms with E-state index in [1.54, 1.807) is 24.8 Å². The molecule has 0 bridgehead atoms. The van der Waals surface area contributed by atoms with Crippen LogP contribution in [-0.4, -0.2) is 24.3 Å². The Labute approximate surface area is 123 Å². The van der Waals surface area contributed by atoms with E-state index in [4.69, 9.17) is 16.3 Å². The lowest BCUT2D eigenvalue weighted by Gasteiger charge is -2.33. The van der Waals surface area contributed by atoms with E-state index in [0.717, 1.165) is 5.56 Å². The van der Waals surface area contributed by atoms with E-state index in [2.05, 4.69) is 0 Å². The van der Waals surface area contributed by atoms with Gasteiger partial charge in [-0.1, -0.05) is 18.5 Å². The van der Waals surface area contributed by atoms with Crippen LogP contribution in [0.4, 0.5) is 5.69 Å². The van der Waals surface area contributed by atoms with Gasteiger partial charge in [-0.05, 0) is 31.9 Å². The summed E-state index contributed by atoms with van der Waals surface area (Å²) in [5.74, 6) is 0.238. The van der Waals surface area contributed by atoms with Crippen LogP contribution in [-0.2, 0) is 16.0 Å². The number of amides is 1. The minimum absolute atomic E-state index is 0.0675. The van der Waals surface area contributed by atoms with Gasteiger partial charge in [0.25, 0.3) is 0 Å². The third kappa shape index (κ3) is 2.18. The van der Waals surface area contributed by atoms with E-state index in [1.165, 1.54) is 7.11 Å². The average Bonchev–Trinajstić information content (AvgIpc) is 2.58. The van der Waals surface area contributed by atoms with Crippen LogP contribution in [0.2, 0.25) is 5.02 Å². The number of aryl methyl sites for hydroxylation is 1. The number of Topliss-reactive ketones (excluding diaryl/α,β-unsaturated/α-hetero) is 1. The molecular weight excluding hydrogens is 278 g/mol. The van der Waals surface area contributed by atoms with Crippen molar-refractivity contribution in [3.8, 4) is 5.75 Å². The molecule has 0 N–H and O–H groups in total. The summed E-state index contributed by atoms with van der Waals surface area (Å²) in [7, 11) is 1.53. The van der Waals surface area contributed by atoms with Crippen molar-refractivity contribution in [1.29, 1.82) is 0 Å². The van der Waals surface area contributed by atoms with Crippen molar-refractivity contribution in [1.82, 2.24) is 0 Å². The molecule has 0 radical (unpaired) electrons. The summed E-state index contributed by atoms with van der Waals surface area (Å²) in [6.45, 7) is 5.49. The predicted molar refractivity (Wildman–Crippen MR) is 78.6 cm³/mol. The van der Waals surface area contributed by atoms with Gasteiger partial charge >= 0.3 is 0 Å². The Balaban J connectivity index is 2.68. The standard InChI is InChI=1S/C15H18ClNO3/c1-5-9-6-10(16)7-11(20-4)14(9)17-13(19)8-12(18)15(17,2)3/h6-7H,5,8H2,1-4H3. The Kier molecular flexibility index (Phi) is 3.78. The Bertz CT molecular complexity index is 555. The zero-order chi connectivity index (χ0) is 15.1. The Morgan fingerprint density at radius 2 is 2.00 bits per heavy atom. The molecule has 4 nitrogen and oxygen atoms in total. The molecule has 0 aromatic heterocycles. The Morgan fingerprint density at radius 1 is 1.35 bits per heavy atom. The summed E-state index contributed by atoms with van der Waals surface area (Å²) >= 11 is 6.07. The first kappa shape index (κ1) is 14.9. The molecule has 1 heterocycles. The number of anilines is 1. The van der Waals surface area contributed by atoms with Crippen LogP contribution in [0, 0.1) is 0 Å². The second-order valence-corrected chi connectivity index (χ2v) is 5.79. The highest BCUT2D eigenvalue weighted by molar-refractivity contribution is 6.31. The van der Waals surface area contributed by atoms with Crippen LogP contribution in [0.25, 0.3) is 0 Å². The molecule has 0 spiro atoms. The van der Waals surface area contributed by atoms with Gasteiger partial charge < -0.3 is 4.74 Å². The summed E-state index contributed by atoms with van der Waals surface area (Å²) in [6, 6.07) is 3.48. The summed E-state index contributed by atoms with van der Waals surface area (Å²) in [5.41, 5.74) is 0.688. The van der Waals surface area contributed by atoms with Gasteiger partial charge in [0, 0.05) is 11.1 Å². The van der Waals surface area contributed by atoms with E-state index in [9.17, 15) is 9.59 Å². The fourth-order valence-electron chi connectivity index (χ4n) is 2.58. The number of carbonyl (C=O) groups is 2. The van der Waals surface area contributed by atoms with Crippen LogP contribution >= 0.6 is 11.6 Å². The number of rotatable bonds is 3. The molecular formula is C15H18ClNO3. The molecule has 1 fully saturated rings. The number of hydrogen-bond donors (Lipinski definition) is 0. The number of halogens is 1. The second kappa shape index (κ2) is 5.09. The summed E-state index contributed by atoms with van der Waals surface area (Å²) in [6.07, 6.45) is 0.627. The van der Waals surface area contributed by atoms with Gasteiger partial charge in [-0.15, -0.1) is 0 Å². The van der Waals surface area contributed by atoms with Gasteiger partial charge in [-0.2, -0.15) is 0 Å². The zero-order valence-corrected chi connectivity index (χ0v) is 12.9. The summed E-state index contributed by atoms with van der Waals surface area (Å²) in [4.78, 5) is 25.8. The molecule has 0 saturated carbocycles. The normalized spacial score (nSPS) is 17.8. The SMILES string of the molecule is CCc1cc(Cl)cc(OC)c1N1C(=O)CC(=O)C1(C)C. The van der Waals surface area contributed by atoms with Crippen molar-refractivity contribution in [2.75, 3.05) is 12.0 Å². The minimum Gasteiger partial charge on any atom is -0.495 e. The van der Waals surface area contributed by atoms with Crippen molar-refractivity contribution < 1.29 is 14.3 Å². The van der Waals surface area contributed by atoms with Gasteiger partial charge in [0.1, 0.15) is 11.3 Å². The number of methoxy groups -OCH3 is 1. The maximum atomic E-state index is 12.2. The minimum atomic E-state index is -0.859. The first-order valence-corrected chi connectivity index (χ1v) is 6.93. The monoisotopic (exact) mass is 295 g/mol. The van der Waals surface area contributed by atoms with E-state index < -0.39 is 5.54 Å². The topological polar surface area (TPSA) is 46.6 Å². The molecule has 1 aliphatic heterocycles. The number of benzene rings is 1. The lowest BCUT2D eigenvalue weighted by molar-refractivity contribution is -0.122. The van der Waals surface area contributed by atoms with Crippen LogP contribution < -0.4 is 9.64 Å². The van der Waals surface area contributed by atoms with E-state index >= 15 is 0 Å². The molecule has 2 rings (SSSR count). The molecule has 20 heavy (non-hydrogen) atoms. The fraction of sp³-hybridized carbons (Fsp3) is 0.467. The van der Waals surface area contributed by atoms with Crippen LogP contribution in [0.15, 0.2) is 12.1 Å². The zero-order valence-electron chi connectivity index (χ0n) is 12.1. The highest BCUT2D eigenvalue weighted by Gasteiger charge is 2.47. The Hall–Kier alpha value is -1.55. The first-order valence-electron chi connectivity index (χ1n) is 6.55. The van der Waals surface area contributed by atoms with Gasteiger partial charge in [0.15, 0.2) is 5.78 Å². The number of ether oxygens (including phenoxy) is 1. The van der Waals surface area contributed by atoms with Gasteiger partial charge in [0.05, 0.1) is 19.2 Å². The van der Waals surface area contributed by atoms with Crippen LogP contribution in [0.3, 0.4) is 0 Å². The van der Waals surface area contributed by atoms with Crippen molar-refractivity contribution in [3.05, 3.63) is 22.7 Å². The molecule has 5 heteroatoms. The molecule has 1 amide bonds. The summed E-state index contributed by atoms with van der Waals surface area (Å²) in [5, 5.41) is 0.554. The van der Waals surface area contributed by atoms with E-state index in [-0.39, 0.29) is 18.1 Å². The van der Waals surface area contributed by atoms with E-state index in [1.807, 2.05) is 13.0 Å². The van der Waals surface area contributed by atoms with Crippen molar-refractivity contribution in [2.45, 2.75) is 39.2 Å². The number of ketones is 1. The molecule has 108 valence electrons. The van der Waals surface area contributed by atoms with Crippen LogP contribution in [0.5, 0.6) is 5.75 Å². The first-order chi connectivity index (χ1) is 9.32. The maximum Gasteiger partial charge on any atom is 0.235 e. The largest absolute Gasteiger partial charge is 0.495 e. The van der Waals surface area contributed by atoms with Gasteiger partial charge in [0.2, 0.25) is 5.91 Å². The second-order valence-electron chi connectivity index (χ2n) is 5.36. The molecule has 1 aliphatic rings. The highest BCUT2D eigenvalue weighted by Crippen LogP contribution is 2.42. The predicted octanol–water partition coefficient (Wildman–Crippen LogP) is 3.00. The fourth-order valence-corrected chi connectivity index (χ4v) is 2.81. The van der Waals surface area contributed by atoms with Crippen LogP contribution in [0.1, 0.15) is 32.8 Å². The van der Waals surface area contributed by atoms with E-state index in [0.29, 0.717) is 22.9 Å². The number of carbonyl (C=O) groups excluding carboxylic acids is 2. The lowest BCUT2D eigenvalue weighted by Crippen LogP contribution is -2.45. The molecule has 1 saturated heterocycles. The van der Waals surface area contributed by atoms with Crippen molar-refractivity contribution in [2.24, 2.45) is 0 Å². The molecule has 1 aromatic carbocycles. The Morgan fingerprint density at radius 3 is 2.45 bits per heavy atom. The quantitative estimate of drug-likeness (QED) is 0.805. The third-order valence-electron chi connectivity index (χ3n) is 3.75. The number of hydrogen-bond acceptors (Lipinski definition) is 3. The average molecular weight is 296 g/mol. The van der Waals surface area contributed by atoms with Gasteiger partial charge in [-0.3, -0.25) is 14.5 Å². The lowest BCUT2D eigenvalue weighted by atomic mass is 9.98. The molecule has 1 aromatic rings. The van der Waals surface area contributed by atoms with Crippen molar-refractivity contribution in [3.63, 3.8) is 0 Å². The number of nitrogens with zero attached hydrogens (tertiary/aromatic N) is 1. The molecule has 0 unspecified atom stereocenters. The smallest absolute Gasteiger partial charge is 0.235 e. The van der Waals surface area contributed by atoms with Crippen molar-refractivity contribution >= 4 is 29.0 Å². The highest BCUT2D eigenvalue weighted by atomic mass is 35.5. The van der Waals surface area contributed by atoms with Gasteiger partial charge in [-0.25, -0.2) is 0 Å². The third-order valence-corrected chi connectivity index (χ3v) is 3.96. The molecule has 0 atom stereocenters. The summed E-state index contributed by atoms with van der Waals surface area (Å²) < 4.78 is 5.37.